The van der Waals surface area contributed by atoms with Gasteiger partial charge in [-0.15, -0.1) is 0 Å². The number of allylic oxidation sites excluding steroid dienone is 1. The third-order valence-corrected chi connectivity index (χ3v) is 6.94. The standard InChI is InChI=1S/C29H24N4O5/c1-29(21-11-10-19-6-2-3-7-20(19)16-21)27(35)32(28(36)30-29)18-26(34)33-24(25-9-5-15-38-25)17-22(31-33)12-13-23-8-4-14-37-23/h2-16,24H,17-18H2,1H3,(H,30,36). The number of imide groups is 1. The van der Waals surface area contributed by atoms with E-state index in [4.69, 9.17) is 8.83 Å². The van der Waals surface area contributed by atoms with Crippen LogP contribution in [-0.4, -0.2) is 40.0 Å². The van der Waals surface area contributed by atoms with Crippen LogP contribution in [0.2, 0.25) is 0 Å². The van der Waals surface area contributed by atoms with Gasteiger partial charge < -0.3 is 14.2 Å². The fourth-order valence-electron chi connectivity index (χ4n) is 4.88. The Balaban J connectivity index is 1.24. The highest BCUT2D eigenvalue weighted by atomic mass is 16.3. The summed E-state index contributed by atoms with van der Waals surface area (Å²) in [5.41, 5.74) is -0.0237. The topological polar surface area (TPSA) is 108 Å². The first-order chi connectivity index (χ1) is 18.4. The molecular weight excluding hydrogens is 484 g/mol. The molecule has 1 N–H and O–H groups in total. The van der Waals surface area contributed by atoms with Gasteiger partial charge >= 0.3 is 6.03 Å². The summed E-state index contributed by atoms with van der Waals surface area (Å²) < 4.78 is 10.9. The molecule has 9 heteroatoms. The number of benzene rings is 2. The second kappa shape index (κ2) is 9.19. The number of carbonyl (C=O) groups is 3. The van der Waals surface area contributed by atoms with Crippen molar-refractivity contribution in [3.05, 3.63) is 102 Å². The predicted octanol–water partition coefficient (Wildman–Crippen LogP) is 4.84. The summed E-state index contributed by atoms with van der Waals surface area (Å²) in [7, 11) is 0. The van der Waals surface area contributed by atoms with Gasteiger partial charge in [-0.1, -0.05) is 36.4 Å². The van der Waals surface area contributed by atoms with E-state index in [0.29, 0.717) is 29.2 Å². The van der Waals surface area contributed by atoms with E-state index in [2.05, 4.69) is 10.4 Å². The molecular formula is C29H24N4O5. The highest BCUT2D eigenvalue weighted by Gasteiger charge is 2.50. The molecule has 0 aliphatic carbocycles. The van der Waals surface area contributed by atoms with Crippen LogP contribution < -0.4 is 5.32 Å². The van der Waals surface area contributed by atoms with Gasteiger partial charge in [-0.3, -0.25) is 14.5 Å². The van der Waals surface area contributed by atoms with Gasteiger partial charge in [0.15, 0.2) is 0 Å². The molecule has 0 spiro atoms. The summed E-state index contributed by atoms with van der Waals surface area (Å²) in [6.07, 6.45) is 7.04. The number of urea groups is 1. The highest BCUT2D eigenvalue weighted by molar-refractivity contribution is 6.10. The Bertz CT molecular complexity index is 1590. The minimum atomic E-state index is -1.30. The molecule has 2 aromatic heterocycles. The third kappa shape index (κ3) is 4.07. The SMILES string of the molecule is CC1(c2ccc3ccccc3c2)NC(=O)N(CC(=O)N2N=C(C=Cc3ccco3)CC2c2ccco2)C1=O. The van der Waals surface area contributed by atoms with E-state index >= 15 is 0 Å². The lowest BCUT2D eigenvalue weighted by atomic mass is 9.90. The van der Waals surface area contributed by atoms with Crippen LogP contribution in [0.4, 0.5) is 4.79 Å². The first-order valence-electron chi connectivity index (χ1n) is 12.2. The van der Waals surface area contributed by atoms with Crippen molar-refractivity contribution < 1.29 is 23.2 Å². The molecule has 38 heavy (non-hydrogen) atoms. The maximum absolute atomic E-state index is 13.5. The fraction of sp³-hybridized carbons (Fsp3) is 0.172. The van der Waals surface area contributed by atoms with Crippen LogP contribution in [0.25, 0.3) is 16.8 Å². The molecule has 2 aromatic carbocycles. The van der Waals surface area contributed by atoms with E-state index in [9.17, 15) is 14.4 Å². The third-order valence-electron chi connectivity index (χ3n) is 6.94. The normalized spacial score (nSPS) is 21.5. The van der Waals surface area contributed by atoms with Crippen molar-refractivity contribution in [1.82, 2.24) is 15.2 Å². The average molecular weight is 509 g/mol. The quantitative estimate of drug-likeness (QED) is 0.375. The Labute approximate surface area is 218 Å². The Morgan fingerprint density at radius 2 is 1.82 bits per heavy atom. The van der Waals surface area contributed by atoms with Crippen LogP contribution in [-0.2, 0) is 15.1 Å². The van der Waals surface area contributed by atoms with Crippen LogP contribution in [0.15, 0.2) is 99.3 Å². The first kappa shape index (κ1) is 23.5. The maximum Gasteiger partial charge on any atom is 0.325 e. The summed E-state index contributed by atoms with van der Waals surface area (Å²) in [6.45, 7) is 1.20. The van der Waals surface area contributed by atoms with Gasteiger partial charge in [0, 0.05) is 6.42 Å². The van der Waals surface area contributed by atoms with Gasteiger partial charge in [0.2, 0.25) is 0 Å². The summed E-state index contributed by atoms with van der Waals surface area (Å²) in [5.74, 6) is 0.210. The Morgan fingerprint density at radius 3 is 2.58 bits per heavy atom. The van der Waals surface area contributed by atoms with Crippen LogP contribution in [0.3, 0.4) is 0 Å². The lowest BCUT2D eigenvalue weighted by Crippen LogP contribution is -2.43. The van der Waals surface area contributed by atoms with E-state index < -0.39 is 36.0 Å². The molecule has 2 atom stereocenters. The van der Waals surface area contributed by atoms with Gasteiger partial charge in [-0.05, 0) is 65.7 Å². The maximum atomic E-state index is 13.5. The molecule has 0 saturated carbocycles. The summed E-state index contributed by atoms with van der Waals surface area (Å²) >= 11 is 0. The Kier molecular flexibility index (Phi) is 5.68. The van der Waals surface area contributed by atoms with E-state index in [-0.39, 0.29) is 0 Å². The largest absolute Gasteiger partial charge is 0.467 e. The van der Waals surface area contributed by atoms with Crippen LogP contribution in [0, 0.1) is 0 Å². The van der Waals surface area contributed by atoms with Gasteiger partial charge in [0.05, 0.1) is 18.2 Å². The number of rotatable bonds is 6. The minimum Gasteiger partial charge on any atom is -0.467 e. The summed E-state index contributed by atoms with van der Waals surface area (Å²) in [4.78, 5) is 40.9. The second-order valence-electron chi connectivity index (χ2n) is 9.42. The van der Waals surface area contributed by atoms with Crippen molar-refractivity contribution in [2.45, 2.75) is 24.9 Å². The molecule has 9 nitrogen and oxygen atoms in total. The predicted molar refractivity (Wildman–Crippen MR) is 140 cm³/mol. The number of furan rings is 2. The number of hydrazone groups is 1. The lowest BCUT2D eigenvalue weighted by Gasteiger charge is -2.24. The molecule has 4 heterocycles. The Morgan fingerprint density at radius 1 is 1.03 bits per heavy atom. The van der Waals surface area contributed by atoms with Crippen molar-refractivity contribution in [2.75, 3.05) is 6.54 Å². The molecule has 1 fully saturated rings. The highest BCUT2D eigenvalue weighted by Crippen LogP contribution is 2.34. The molecule has 0 radical (unpaired) electrons. The number of hydrogen-bond acceptors (Lipinski definition) is 6. The van der Waals surface area contributed by atoms with Crippen LogP contribution in [0.1, 0.15) is 36.5 Å². The van der Waals surface area contributed by atoms with E-state index in [1.165, 1.54) is 11.3 Å². The smallest absolute Gasteiger partial charge is 0.325 e. The zero-order valence-corrected chi connectivity index (χ0v) is 20.5. The Hall–Kier alpha value is -4.92. The number of nitrogens with one attached hydrogen (secondary N) is 1. The first-order valence-corrected chi connectivity index (χ1v) is 12.2. The zero-order chi connectivity index (χ0) is 26.3. The van der Waals surface area contributed by atoms with Crippen LogP contribution in [0.5, 0.6) is 0 Å². The van der Waals surface area contributed by atoms with Crippen molar-refractivity contribution >= 4 is 40.4 Å². The zero-order valence-electron chi connectivity index (χ0n) is 20.5. The molecule has 190 valence electrons. The number of fused-ring (bicyclic) bond motifs is 1. The molecule has 2 aliphatic rings. The molecule has 4 aromatic rings. The lowest BCUT2D eigenvalue weighted by molar-refractivity contribution is -0.140. The van der Waals surface area contributed by atoms with Crippen molar-refractivity contribution in [1.29, 1.82) is 0 Å². The molecule has 2 aliphatic heterocycles. The van der Waals surface area contributed by atoms with Gasteiger partial charge in [-0.25, -0.2) is 9.80 Å². The molecule has 4 amide bonds. The van der Waals surface area contributed by atoms with E-state index in [1.807, 2.05) is 48.5 Å². The average Bonchev–Trinajstić information content (AvgIpc) is 3.73. The fourth-order valence-corrected chi connectivity index (χ4v) is 4.88. The van der Waals surface area contributed by atoms with Crippen molar-refractivity contribution in [3.8, 4) is 0 Å². The monoisotopic (exact) mass is 508 g/mol. The van der Waals surface area contributed by atoms with E-state index in [0.717, 1.165) is 15.7 Å². The van der Waals surface area contributed by atoms with E-state index in [1.54, 1.807) is 43.5 Å². The van der Waals surface area contributed by atoms with Crippen LogP contribution >= 0.6 is 0 Å². The molecule has 2 unspecified atom stereocenters. The number of carbonyl (C=O) groups excluding carboxylic acids is 3. The molecule has 0 bridgehead atoms. The van der Waals surface area contributed by atoms with Gasteiger partial charge in [0.1, 0.15) is 29.6 Å². The summed E-state index contributed by atoms with van der Waals surface area (Å²) in [6, 6.07) is 19.4. The number of nitrogens with zero attached hydrogens (tertiary/aromatic N) is 3. The molecule has 1 saturated heterocycles. The molecule has 6 rings (SSSR count). The van der Waals surface area contributed by atoms with Crippen molar-refractivity contribution in [2.24, 2.45) is 5.10 Å². The summed E-state index contributed by atoms with van der Waals surface area (Å²) in [5, 5.41) is 10.5. The van der Waals surface area contributed by atoms with Crippen molar-refractivity contribution in [3.63, 3.8) is 0 Å². The minimum absolute atomic E-state index is 0.408. The van der Waals surface area contributed by atoms with Gasteiger partial charge in [-0.2, -0.15) is 5.10 Å². The van der Waals surface area contributed by atoms with Gasteiger partial charge in [0.25, 0.3) is 11.8 Å². The second-order valence-corrected chi connectivity index (χ2v) is 9.42. The number of hydrogen-bond donors (Lipinski definition) is 1. The number of amides is 4.